The van der Waals surface area contributed by atoms with Gasteiger partial charge in [-0.15, -0.1) is 0 Å². The van der Waals surface area contributed by atoms with Crippen LogP contribution in [0.3, 0.4) is 0 Å². The van der Waals surface area contributed by atoms with Gasteiger partial charge in [0.15, 0.2) is 0 Å². The zero-order valence-corrected chi connectivity index (χ0v) is 8.18. The average Bonchev–Trinajstić information content (AvgIpc) is 2.17. The first-order valence-corrected chi connectivity index (χ1v) is 4.46. The fraction of sp³-hybridized carbons (Fsp3) is 0.364. The van der Waals surface area contributed by atoms with E-state index >= 15 is 0 Å². The summed E-state index contributed by atoms with van der Waals surface area (Å²) in [5.74, 6) is -4.39. The third-order valence-corrected chi connectivity index (χ3v) is 2.09. The van der Waals surface area contributed by atoms with E-state index in [0.717, 1.165) is 5.56 Å². The predicted octanol–water partition coefficient (Wildman–Crippen LogP) is 3.07. The summed E-state index contributed by atoms with van der Waals surface area (Å²) < 4.78 is 26.7. The molecule has 0 heterocycles. The molecule has 0 aliphatic rings. The van der Waals surface area contributed by atoms with Crippen LogP contribution in [0.4, 0.5) is 8.78 Å². The summed E-state index contributed by atoms with van der Waals surface area (Å²) in [6.07, 6.45) is -0.152. The molecule has 1 aromatic carbocycles. The van der Waals surface area contributed by atoms with Crippen LogP contribution < -0.4 is 0 Å². The Hall–Kier alpha value is -1.25. The number of carbonyl (C=O) groups excluding carboxylic acids is 1. The summed E-state index contributed by atoms with van der Waals surface area (Å²) in [6, 6.07) is 5.74. The lowest BCUT2D eigenvalue weighted by atomic mass is 10.0. The highest BCUT2D eigenvalue weighted by Crippen LogP contribution is 2.30. The molecule has 1 rings (SSSR count). The Morgan fingerprint density at radius 1 is 1.29 bits per heavy atom. The van der Waals surface area contributed by atoms with E-state index in [4.69, 9.17) is 0 Å². The second kappa shape index (κ2) is 3.86. The minimum Gasteiger partial charge on any atom is -0.293 e. The highest BCUT2D eigenvalue weighted by Gasteiger charge is 2.38. The van der Waals surface area contributed by atoms with E-state index in [0.29, 0.717) is 0 Å². The van der Waals surface area contributed by atoms with Crippen LogP contribution >= 0.6 is 0 Å². The van der Waals surface area contributed by atoms with Gasteiger partial charge in [0.1, 0.15) is 0 Å². The van der Waals surface area contributed by atoms with Gasteiger partial charge in [0, 0.05) is 12.0 Å². The molecule has 76 valence electrons. The van der Waals surface area contributed by atoms with Gasteiger partial charge in [-0.25, -0.2) is 0 Å². The number of hydrogen-bond acceptors (Lipinski definition) is 1. The van der Waals surface area contributed by atoms with Gasteiger partial charge in [-0.1, -0.05) is 36.8 Å². The number of rotatable bonds is 3. The van der Waals surface area contributed by atoms with Gasteiger partial charge in [-0.05, 0) is 6.92 Å². The van der Waals surface area contributed by atoms with Crippen LogP contribution in [0, 0.1) is 6.92 Å². The maximum Gasteiger partial charge on any atom is 0.330 e. The molecule has 3 heteroatoms. The Balaban J connectivity index is 3.03. The van der Waals surface area contributed by atoms with Crippen LogP contribution in [0.25, 0.3) is 0 Å². The topological polar surface area (TPSA) is 17.1 Å². The summed E-state index contributed by atoms with van der Waals surface area (Å²) in [5.41, 5.74) is 0.670. The number of carbonyl (C=O) groups is 1. The zero-order chi connectivity index (χ0) is 10.8. The maximum atomic E-state index is 13.3. The van der Waals surface area contributed by atoms with Gasteiger partial charge in [-0.2, -0.15) is 8.78 Å². The largest absolute Gasteiger partial charge is 0.330 e. The Kier molecular flexibility index (Phi) is 2.99. The standard InChI is InChI=1S/C11H12F2O/c1-3-10(14)11(12,13)9-6-4-8(2)5-7-9/h4-7H,3H2,1-2H3. The first-order chi connectivity index (χ1) is 6.48. The van der Waals surface area contributed by atoms with Crippen molar-refractivity contribution < 1.29 is 13.6 Å². The van der Waals surface area contributed by atoms with Crippen molar-refractivity contribution in [1.29, 1.82) is 0 Å². The summed E-state index contributed by atoms with van der Waals surface area (Å²) in [5, 5.41) is 0. The first-order valence-electron chi connectivity index (χ1n) is 4.46. The zero-order valence-electron chi connectivity index (χ0n) is 8.18. The Bertz CT molecular complexity index is 328. The highest BCUT2D eigenvalue weighted by atomic mass is 19.3. The summed E-state index contributed by atoms with van der Waals surface area (Å²) in [6.45, 7) is 3.24. The molecule has 0 radical (unpaired) electrons. The van der Waals surface area contributed by atoms with Gasteiger partial charge in [0.05, 0.1) is 0 Å². The van der Waals surface area contributed by atoms with Gasteiger partial charge >= 0.3 is 5.92 Å². The molecule has 1 aromatic rings. The Morgan fingerprint density at radius 3 is 2.21 bits per heavy atom. The third kappa shape index (κ3) is 1.97. The van der Waals surface area contributed by atoms with Crippen molar-refractivity contribution in [1.82, 2.24) is 0 Å². The average molecular weight is 198 g/mol. The maximum absolute atomic E-state index is 13.3. The van der Waals surface area contributed by atoms with Crippen molar-refractivity contribution in [2.24, 2.45) is 0 Å². The lowest BCUT2D eigenvalue weighted by Gasteiger charge is -2.14. The molecule has 0 saturated carbocycles. The smallest absolute Gasteiger partial charge is 0.293 e. The fourth-order valence-electron chi connectivity index (χ4n) is 1.15. The second-order valence-corrected chi connectivity index (χ2v) is 3.22. The molecule has 0 amide bonds. The van der Waals surface area contributed by atoms with Gasteiger partial charge in [0.2, 0.25) is 5.78 Å². The van der Waals surface area contributed by atoms with Crippen LogP contribution in [0.1, 0.15) is 24.5 Å². The van der Waals surface area contributed by atoms with Gasteiger partial charge in [-0.3, -0.25) is 4.79 Å². The molecule has 0 atom stereocenters. The number of benzene rings is 1. The summed E-state index contributed by atoms with van der Waals surface area (Å²) in [4.78, 5) is 11.0. The van der Waals surface area contributed by atoms with Crippen molar-refractivity contribution in [3.8, 4) is 0 Å². The number of Topliss-reactive ketones (excluding diaryl/α,β-unsaturated/α-hetero) is 1. The van der Waals surface area contributed by atoms with Crippen molar-refractivity contribution >= 4 is 5.78 Å². The van der Waals surface area contributed by atoms with Crippen LogP contribution in [0.15, 0.2) is 24.3 Å². The molecule has 0 aromatic heterocycles. The van der Waals surface area contributed by atoms with Crippen molar-refractivity contribution in [2.45, 2.75) is 26.2 Å². The van der Waals surface area contributed by atoms with Crippen molar-refractivity contribution in [3.05, 3.63) is 35.4 Å². The van der Waals surface area contributed by atoms with Crippen molar-refractivity contribution in [3.63, 3.8) is 0 Å². The molecule has 0 unspecified atom stereocenters. The Labute approximate surface area is 81.7 Å². The Morgan fingerprint density at radius 2 is 1.79 bits per heavy atom. The monoisotopic (exact) mass is 198 g/mol. The number of aryl methyl sites for hydroxylation is 1. The second-order valence-electron chi connectivity index (χ2n) is 3.22. The molecule has 0 spiro atoms. The van der Waals surface area contributed by atoms with Gasteiger partial charge in [0.25, 0.3) is 0 Å². The summed E-state index contributed by atoms with van der Waals surface area (Å²) in [7, 11) is 0. The SMILES string of the molecule is CCC(=O)C(F)(F)c1ccc(C)cc1. The van der Waals surface area contributed by atoms with Gasteiger partial charge < -0.3 is 0 Å². The predicted molar refractivity (Wildman–Crippen MR) is 50.4 cm³/mol. The molecule has 0 aliphatic carbocycles. The molecular weight excluding hydrogens is 186 g/mol. The highest BCUT2D eigenvalue weighted by molar-refractivity contribution is 5.86. The van der Waals surface area contributed by atoms with Crippen LogP contribution in [-0.4, -0.2) is 5.78 Å². The van der Waals surface area contributed by atoms with E-state index in [2.05, 4.69) is 0 Å². The normalized spacial score (nSPS) is 11.4. The number of ketones is 1. The molecule has 0 fully saturated rings. The molecule has 14 heavy (non-hydrogen) atoms. The number of halogens is 2. The molecule has 0 saturated heterocycles. The minimum atomic E-state index is -3.34. The fourth-order valence-corrected chi connectivity index (χ4v) is 1.15. The van der Waals surface area contributed by atoms with E-state index in [1.54, 1.807) is 12.1 Å². The van der Waals surface area contributed by atoms with Crippen molar-refractivity contribution in [2.75, 3.05) is 0 Å². The third-order valence-electron chi connectivity index (χ3n) is 2.09. The molecule has 0 aliphatic heterocycles. The summed E-state index contributed by atoms with van der Waals surface area (Å²) >= 11 is 0. The van der Waals surface area contributed by atoms with E-state index < -0.39 is 11.7 Å². The molecule has 0 N–H and O–H groups in total. The molecular formula is C11H12F2O. The minimum absolute atomic E-state index is 0.152. The quantitative estimate of drug-likeness (QED) is 0.729. The number of alkyl halides is 2. The molecule has 0 bridgehead atoms. The lowest BCUT2D eigenvalue weighted by molar-refractivity contribution is -0.144. The molecule has 1 nitrogen and oxygen atoms in total. The first kappa shape index (κ1) is 10.8. The number of hydrogen-bond donors (Lipinski definition) is 0. The van der Waals surface area contributed by atoms with Crippen LogP contribution in [0.2, 0.25) is 0 Å². The lowest BCUT2D eigenvalue weighted by Crippen LogP contribution is -2.24. The van der Waals surface area contributed by atoms with E-state index in [1.807, 2.05) is 6.92 Å². The van der Waals surface area contributed by atoms with E-state index in [-0.39, 0.29) is 12.0 Å². The van der Waals surface area contributed by atoms with E-state index in [9.17, 15) is 13.6 Å². The van der Waals surface area contributed by atoms with Crippen LogP contribution in [-0.2, 0) is 10.7 Å². The van der Waals surface area contributed by atoms with Crippen LogP contribution in [0.5, 0.6) is 0 Å². The van der Waals surface area contributed by atoms with E-state index in [1.165, 1.54) is 19.1 Å².